The second-order valence-electron chi connectivity index (χ2n) is 4.71. The summed E-state index contributed by atoms with van der Waals surface area (Å²) in [6, 6.07) is 0. The van der Waals surface area contributed by atoms with Crippen LogP contribution in [0.5, 0.6) is 0 Å². The van der Waals surface area contributed by atoms with Gasteiger partial charge >= 0.3 is 5.97 Å². The van der Waals surface area contributed by atoms with Crippen molar-refractivity contribution in [2.45, 2.75) is 53.0 Å². The zero-order valence-electron chi connectivity index (χ0n) is 12.1. The van der Waals surface area contributed by atoms with Crippen molar-refractivity contribution < 1.29 is 9.90 Å². The van der Waals surface area contributed by atoms with E-state index in [1.165, 1.54) is 0 Å². The first-order chi connectivity index (χ1) is 9.12. The minimum absolute atomic E-state index is 0.255. The van der Waals surface area contributed by atoms with E-state index in [2.05, 4.69) is 30.7 Å². The third-order valence-corrected chi connectivity index (χ3v) is 3.95. The largest absolute Gasteiger partial charge is 0.476 e. The maximum Gasteiger partial charge on any atom is 0.355 e. The third-order valence-electron chi connectivity index (χ3n) is 2.85. The molecule has 0 saturated carbocycles. The fraction of sp³-hybridized carbons (Fsp3) is 0.714. The van der Waals surface area contributed by atoms with Crippen LogP contribution in [-0.4, -0.2) is 34.0 Å². The average molecular weight is 284 g/mol. The van der Waals surface area contributed by atoms with E-state index in [4.69, 9.17) is 0 Å². The Labute approximate surface area is 119 Å². The normalized spacial score (nSPS) is 11.2. The Kier molecular flexibility index (Phi) is 7.02. The molecule has 0 aliphatic heterocycles. The minimum atomic E-state index is -0.901. The number of aromatic carboxylic acids is 1. The molecule has 0 fully saturated rings. The molecular formula is C14H24N2O2S. The van der Waals surface area contributed by atoms with Crippen LogP contribution >= 0.6 is 11.3 Å². The number of nitrogens with zero attached hydrogens (tertiary/aromatic N) is 2. The van der Waals surface area contributed by atoms with Crippen molar-refractivity contribution in [3.05, 3.63) is 15.6 Å². The quantitative estimate of drug-likeness (QED) is 0.755. The molecule has 0 aromatic carbocycles. The maximum atomic E-state index is 11.3. The predicted molar refractivity (Wildman–Crippen MR) is 78.9 cm³/mol. The number of thiazole rings is 1. The Morgan fingerprint density at radius 2 is 1.84 bits per heavy atom. The van der Waals surface area contributed by atoms with E-state index in [1.54, 1.807) is 11.3 Å². The fourth-order valence-electron chi connectivity index (χ4n) is 2.10. The van der Waals surface area contributed by atoms with Crippen LogP contribution in [0.3, 0.4) is 0 Å². The van der Waals surface area contributed by atoms with Gasteiger partial charge in [0.05, 0.1) is 9.88 Å². The molecule has 0 amide bonds. The lowest BCUT2D eigenvalue weighted by molar-refractivity contribution is 0.0688. The van der Waals surface area contributed by atoms with E-state index in [0.717, 1.165) is 48.7 Å². The summed E-state index contributed by atoms with van der Waals surface area (Å²) in [5.41, 5.74) is 0.255. The van der Waals surface area contributed by atoms with Gasteiger partial charge in [-0.2, -0.15) is 0 Å². The highest BCUT2D eigenvalue weighted by molar-refractivity contribution is 7.11. The van der Waals surface area contributed by atoms with E-state index in [1.807, 2.05) is 0 Å². The molecule has 1 aromatic heterocycles. The van der Waals surface area contributed by atoms with Crippen molar-refractivity contribution >= 4 is 17.3 Å². The predicted octanol–water partition coefficient (Wildman–Crippen LogP) is 3.42. The standard InChI is InChI=1S/C14H24N2O2S/c1-4-7-12-15-13(14(17)18)11(19-12)10-16(8-5-2)9-6-3/h4-10H2,1-3H3,(H,17,18). The highest BCUT2D eigenvalue weighted by Crippen LogP contribution is 2.22. The summed E-state index contributed by atoms with van der Waals surface area (Å²) in [6.45, 7) is 9.11. The van der Waals surface area contributed by atoms with Gasteiger partial charge in [-0.25, -0.2) is 9.78 Å². The van der Waals surface area contributed by atoms with Gasteiger partial charge in [-0.15, -0.1) is 11.3 Å². The van der Waals surface area contributed by atoms with Gasteiger partial charge in [0.1, 0.15) is 0 Å². The van der Waals surface area contributed by atoms with E-state index in [-0.39, 0.29) is 5.69 Å². The zero-order valence-corrected chi connectivity index (χ0v) is 12.9. The number of hydrogen-bond donors (Lipinski definition) is 1. The number of carbonyl (C=O) groups is 1. The van der Waals surface area contributed by atoms with Crippen LogP contribution in [0.1, 0.15) is 60.4 Å². The first kappa shape index (κ1) is 16.1. The van der Waals surface area contributed by atoms with E-state index in [9.17, 15) is 9.90 Å². The van der Waals surface area contributed by atoms with Crippen LogP contribution in [0.4, 0.5) is 0 Å². The molecular weight excluding hydrogens is 260 g/mol. The molecule has 1 N–H and O–H groups in total. The van der Waals surface area contributed by atoms with E-state index >= 15 is 0 Å². The molecule has 0 aliphatic carbocycles. The summed E-state index contributed by atoms with van der Waals surface area (Å²) in [5.74, 6) is -0.901. The summed E-state index contributed by atoms with van der Waals surface area (Å²) < 4.78 is 0. The summed E-state index contributed by atoms with van der Waals surface area (Å²) in [6.07, 6.45) is 4.04. The molecule has 1 rings (SSSR count). The molecule has 0 atom stereocenters. The van der Waals surface area contributed by atoms with E-state index < -0.39 is 5.97 Å². The number of hydrogen-bond acceptors (Lipinski definition) is 4. The number of aromatic nitrogens is 1. The Bertz CT molecular complexity index is 398. The smallest absolute Gasteiger partial charge is 0.355 e. The van der Waals surface area contributed by atoms with Gasteiger partial charge in [-0.05, 0) is 38.8 Å². The highest BCUT2D eigenvalue weighted by Gasteiger charge is 2.18. The number of carboxylic acid groups (broad SMARTS) is 1. The van der Waals surface area contributed by atoms with Crippen LogP contribution < -0.4 is 0 Å². The lowest BCUT2D eigenvalue weighted by atomic mass is 10.3. The number of aryl methyl sites for hydroxylation is 1. The second kappa shape index (κ2) is 8.27. The molecule has 0 unspecified atom stereocenters. The van der Waals surface area contributed by atoms with Gasteiger partial charge in [-0.1, -0.05) is 20.8 Å². The minimum Gasteiger partial charge on any atom is -0.476 e. The molecule has 5 heteroatoms. The first-order valence-electron chi connectivity index (χ1n) is 7.06. The maximum absolute atomic E-state index is 11.3. The lowest BCUT2D eigenvalue weighted by Crippen LogP contribution is -2.25. The third kappa shape index (κ3) is 4.91. The number of carboxylic acids is 1. The molecule has 0 saturated heterocycles. The first-order valence-corrected chi connectivity index (χ1v) is 7.88. The topological polar surface area (TPSA) is 53.4 Å². The Morgan fingerprint density at radius 1 is 1.21 bits per heavy atom. The van der Waals surface area contributed by atoms with Crippen LogP contribution in [0.2, 0.25) is 0 Å². The molecule has 4 nitrogen and oxygen atoms in total. The second-order valence-corrected chi connectivity index (χ2v) is 5.88. The van der Waals surface area contributed by atoms with Crippen LogP contribution in [0.25, 0.3) is 0 Å². The van der Waals surface area contributed by atoms with Crippen molar-refractivity contribution in [3.8, 4) is 0 Å². The summed E-state index contributed by atoms with van der Waals surface area (Å²) >= 11 is 1.56. The monoisotopic (exact) mass is 284 g/mol. The van der Waals surface area contributed by atoms with Crippen molar-refractivity contribution in [3.63, 3.8) is 0 Å². The SMILES string of the molecule is CCCc1nc(C(=O)O)c(CN(CCC)CCC)s1. The van der Waals surface area contributed by atoms with E-state index in [0.29, 0.717) is 6.54 Å². The van der Waals surface area contributed by atoms with Crippen molar-refractivity contribution in [1.82, 2.24) is 9.88 Å². The van der Waals surface area contributed by atoms with Gasteiger partial charge in [0, 0.05) is 6.54 Å². The molecule has 0 aliphatic rings. The Hall–Kier alpha value is -0.940. The Morgan fingerprint density at radius 3 is 2.32 bits per heavy atom. The Balaban J connectivity index is 2.86. The van der Waals surface area contributed by atoms with Crippen LogP contribution in [-0.2, 0) is 13.0 Å². The van der Waals surface area contributed by atoms with Gasteiger partial charge < -0.3 is 5.11 Å². The molecule has 1 aromatic rings. The van der Waals surface area contributed by atoms with Crippen LogP contribution in [0.15, 0.2) is 0 Å². The number of rotatable bonds is 9. The highest BCUT2D eigenvalue weighted by atomic mass is 32.1. The van der Waals surface area contributed by atoms with Gasteiger partial charge in [-0.3, -0.25) is 4.90 Å². The molecule has 1 heterocycles. The summed E-state index contributed by atoms with van der Waals surface area (Å²) in [5, 5.41) is 10.2. The van der Waals surface area contributed by atoms with Gasteiger partial charge in [0.2, 0.25) is 0 Å². The molecule has 0 spiro atoms. The summed E-state index contributed by atoms with van der Waals surface area (Å²) in [7, 11) is 0. The molecule has 108 valence electrons. The average Bonchev–Trinajstić information content (AvgIpc) is 2.73. The fourth-order valence-corrected chi connectivity index (χ4v) is 3.31. The van der Waals surface area contributed by atoms with Crippen molar-refractivity contribution in [2.75, 3.05) is 13.1 Å². The van der Waals surface area contributed by atoms with Crippen LogP contribution in [0, 0.1) is 0 Å². The lowest BCUT2D eigenvalue weighted by Gasteiger charge is -2.20. The molecule has 0 radical (unpaired) electrons. The van der Waals surface area contributed by atoms with Crippen molar-refractivity contribution in [2.24, 2.45) is 0 Å². The van der Waals surface area contributed by atoms with Gasteiger partial charge in [0.15, 0.2) is 5.69 Å². The molecule has 0 bridgehead atoms. The van der Waals surface area contributed by atoms with Gasteiger partial charge in [0.25, 0.3) is 0 Å². The zero-order chi connectivity index (χ0) is 14.3. The molecule has 19 heavy (non-hydrogen) atoms. The van der Waals surface area contributed by atoms with Crippen molar-refractivity contribution in [1.29, 1.82) is 0 Å². The summed E-state index contributed by atoms with van der Waals surface area (Å²) in [4.78, 5) is 18.7.